The number of hydrogen-bond acceptors (Lipinski definition) is 3. The summed E-state index contributed by atoms with van der Waals surface area (Å²) in [6.07, 6.45) is 0.676. The number of aromatic nitrogens is 1. The smallest absolute Gasteiger partial charge is 0.345 e. The van der Waals surface area contributed by atoms with E-state index < -0.39 is 22.8 Å². The number of aromatic carboxylic acids is 1. The van der Waals surface area contributed by atoms with Gasteiger partial charge >= 0.3 is 5.97 Å². The van der Waals surface area contributed by atoms with Gasteiger partial charge in [-0.05, 0) is 25.0 Å². The van der Waals surface area contributed by atoms with Crippen LogP contribution in [0.3, 0.4) is 0 Å². The molecule has 0 spiro atoms. The van der Waals surface area contributed by atoms with Gasteiger partial charge in [0.25, 0.3) is 5.56 Å². The molecule has 1 aromatic heterocycles. The Kier molecular flexibility index (Phi) is 2.02. The Hall–Kier alpha value is -2.30. The second-order valence-electron chi connectivity index (χ2n) is 4.57. The maximum absolute atomic E-state index is 12.1. The number of nitrogens with zero attached hydrogens (tertiary/aromatic N) is 1. The van der Waals surface area contributed by atoms with Gasteiger partial charge in [0.15, 0.2) is 5.56 Å². The molecule has 1 aliphatic rings. The highest BCUT2D eigenvalue weighted by Crippen LogP contribution is 2.35. The Morgan fingerprint density at radius 1 is 1.44 bits per heavy atom. The number of rotatable bonds is 1. The van der Waals surface area contributed by atoms with E-state index in [1.54, 1.807) is 12.1 Å². The number of benzene rings is 1. The van der Waals surface area contributed by atoms with Crippen LogP contribution in [-0.2, 0) is 6.42 Å². The van der Waals surface area contributed by atoms with E-state index in [-0.39, 0.29) is 6.04 Å². The van der Waals surface area contributed by atoms with Gasteiger partial charge in [0.2, 0.25) is 0 Å². The molecule has 5 nitrogen and oxygen atoms in total. The molecule has 0 saturated carbocycles. The van der Waals surface area contributed by atoms with E-state index in [0.717, 1.165) is 5.56 Å². The van der Waals surface area contributed by atoms with Gasteiger partial charge in [-0.2, -0.15) is 0 Å². The standard InChI is InChI=1S/C13H11NO4/c1-6-5-7-3-2-4-8-10(7)14(6)12(16)9(11(8)15)13(17)18/h2-4,6,15H,5H2,1H3,(H,17,18). The molecular formula is C13H11NO4. The average molecular weight is 245 g/mol. The van der Waals surface area contributed by atoms with Crippen LogP contribution in [0, 0.1) is 0 Å². The molecule has 92 valence electrons. The summed E-state index contributed by atoms with van der Waals surface area (Å²) in [6.45, 7) is 1.86. The molecular weight excluding hydrogens is 234 g/mol. The van der Waals surface area contributed by atoms with Gasteiger partial charge in [-0.3, -0.25) is 4.79 Å². The van der Waals surface area contributed by atoms with Gasteiger partial charge in [-0.15, -0.1) is 0 Å². The minimum atomic E-state index is -1.40. The largest absolute Gasteiger partial charge is 0.506 e. The zero-order chi connectivity index (χ0) is 13.0. The highest BCUT2D eigenvalue weighted by molar-refractivity contribution is 6.00. The van der Waals surface area contributed by atoms with Crippen LogP contribution in [0.4, 0.5) is 0 Å². The molecule has 5 heteroatoms. The zero-order valence-corrected chi connectivity index (χ0v) is 9.67. The summed E-state index contributed by atoms with van der Waals surface area (Å²) in [4.78, 5) is 23.2. The number of carboxylic acids is 1. The molecule has 2 heterocycles. The van der Waals surface area contributed by atoms with Crippen molar-refractivity contribution in [2.45, 2.75) is 19.4 Å². The highest BCUT2D eigenvalue weighted by Gasteiger charge is 2.28. The number of carboxylic acid groups (broad SMARTS) is 1. The van der Waals surface area contributed by atoms with E-state index in [2.05, 4.69) is 0 Å². The summed E-state index contributed by atoms with van der Waals surface area (Å²) < 4.78 is 1.47. The van der Waals surface area contributed by atoms with Crippen molar-refractivity contribution in [3.05, 3.63) is 39.7 Å². The molecule has 0 bridgehead atoms. The first-order valence-electron chi connectivity index (χ1n) is 5.64. The van der Waals surface area contributed by atoms with Crippen LogP contribution in [0.5, 0.6) is 5.75 Å². The Labute approximate surface area is 102 Å². The van der Waals surface area contributed by atoms with Gasteiger partial charge in [0.1, 0.15) is 5.75 Å². The maximum Gasteiger partial charge on any atom is 0.345 e. The Balaban J connectivity index is 2.60. The van der Waals surface area contributed by atoms with Crippen molar-refractivity contribution in [1.82, 2.24) is 4.57 Å². The quantitative estimate of drug-likeness (QED) is 0.798. The lowest BCUT2D eigenvalue weighted by Gasteiger charge is -2.11. The lowest BCUT2D eigenvalue weighted by atomic mass is 10.1. The van der Waals surface area contributed by atoms with Crippen molar-refractivity contribution >= 4 is 16.9 Å². The van der Waals surface area contributed by atoms with E-state index >= 15 is 0 Å². The molecule has 2 aromatic rings. The van der Waals surface area contributed by atoms with Crippen molar-refractivity contribution < 1.29 is 15.0 Å². The predicted molar refractivity (Wildman–Crippen MR) is 65.2 cm³/mol. The minimum absolute atomic E-state index is 0.0869. The lowest BCUT2D eigenvalue weighted by Crippen LogP contribution is -2.27. The summed E-state index contributed by atoms with van der Waals surface area (Å²) >= 11 is 0. The number of carbonyl (C=O) groups is 1. The summed E-state index contributed by atoms with van der Waals surface area (Å²) in [6, 6.07) is 5.20. The average Bonchev–Trinajstić information content (AvgIpc) is 2.63. The third kappa shape index (κ3) is 1.16. The third-order valence-electron chi connectivity index (χ3n) is 3.46. The third-order valence-corrected chi connectivity index (χ3v) is 3.46. The maximum atomic E-state index is 12.1. The van der Waals surface area contributed by atoms with Crippen LogP contribution in [0.2, 0.25) is 0 Å². The number of hydrogen-bond donors (Lipinski definition) is 2. The van der Waals surface area contributed by atoms with Crippen molar-refractivity contribution in [3.8, 4) is 5.75 Å². The van der Waals surface area contributed by atoms with Gasteiger partial charge < -0.3 is 14.8 Å². The first kappa shape index (κ1) is 10.8. The van der Waals surface area contributed by atoms with Gasteiger partial charge in [-0.1, -0.05) is 12.1 Å². The summed E-state index contributed by atoms with van der Waals surface area (Å²) in [7, 11) is 0. The van der Waals surface area contributed by atoms with Crippen LogP contribution in [0.1, 0.15) is 28.9 Å². The SMILES string of the molecule is CC1Cc2cccc3c(O)c(C(=O)O)c(=O)n1c23. The topological polar surface area (TPSA) is 79.5 Å². The fraction of sp³-hybridized carbons (Fsp3) is 0.231. The fourth-order valence-electron chi connectivity index (χ4n) is 2.71. The van der Waals surface area contributed by atoms with E-state index in [4.69, 9.17) is 5.11 Å². The van der Waals surface area contributed by atoms with Crippen LogP contribution < -0.4 is 5.56 Å². The minimum Gasteiger partial charge on any atom is -0.506 e. The molecule has 2 N–H and O–H groups in total. The molecule has 0 radical (unpaired) electrons. The van der Waals surface area contributed by atoms with Crippen molar-refractivity contribution in [2.24, 2.45) is 0 Å². The molecule has 1 aromatic carbocycles. The van der Waals surface area contributed by atoms with Gasteiger partial charge in [0.05, 0.1) is 5.52 Å². The Bertz CT molecular complexity index is 745. The predicted octanol–water partition coefficient (Wildman–Crippen LogP) is 1.52. The van der Waals surface area contributed by atoms with Crippen molar-refractivity contribution in [1.29, 1.82) is 0 Å². The van der Waals surface area contributed by atoms with Crippen LogP contribution in [-0.4, -0.2) is 20.7 Å². The second-order valence-corrected chi connectivity index (χ2v) is 4.57. The van der Waals surface area contributed by atoms with E-state index in [0.29, 0.717) is 17.3 Å². The first-order chi connectivity index (χ1) is 8.52. The first-order valence-corrected chi connectivity index (χ1v) is 5.64. The second kappa shape index (κ2) is 3.35. The van der Waals surface area contributed by atoms with E-state index in [9.17, 15) is 14.7 Å². The summed E-state index contributed by atoms with van der Waals surface area (Å²) in [5, 5.41) is 19.5. The normalized spacial score (nSPS) is 17.3. The molecule has 3 rings (SSSR count). The monoisotopic (exact) mass is 245 g/mol. The van der Waals surface area contributed by atoms with Crippen molar-refractivity contribution in [3.63, 3.8) is 0 Å². The van der Waals surface area contributed by atoms with Gasteiger partial charge in [-0.25, -0.2) is 4.79 Å². The van der Waals surface area contributed by atoms with Crippen LogP contribution >= 0.6 is 0 Å². The number of aromatic hydroxyl groups is 1. The number of para-hydroxylation sites is 1. The Morgan fingerprint density at radius 2 is 2.17 bits per heavy atom. The molecule has 1 atom stereocenters. The summed E-state index contributed by atoms with van der Waals surface area (Å²) in [5.74, 6) is -1.83. The van der Waals surface area contributed by atoms with Crippen LogP contribution in [0.15, 0.2) is 23.0 Å². The molecule has 0 fully saturated rings. The molecule has 18 heavy (non-hydrogen) atoms. The fourth-order valence-corrected chi connectivity index (χ4v) is 2.71. The summed E-state index contributed by atoms with van der Waals surface area (Å²) in [5.41, 5.74) is 0.431. The molecule has 1 aliphatic heterocycles. The number of pyridine rings is 1. The van der Waals surface area contributed by atoms with Crippen molar-refractivity contribution in [2.75, 3.05) is 0 Å². The molecule has 0 aliphatic carbocycles. The molecule has 0 amide bonds. The lowest BCUT2D eigenvalue weighted by molar-refractivity contribution is 0.0691. The zero-order valence-electron chi connectivity index (χ0n) is 9.67. The van der Waals surface area contributed by atoms with E-state index in [1.165, 1.54) is 4.57 Å². The molecule has 0 saturated heterocycles. The van der Waals surface area contributed by atoms with Crippen LogP contribution in [0.25, 0.3) is 10.9 Å². The molecule has 1 unspecified atom stereocenters. The highest BCUT2D eigenvalue weighted by atomic mass is 16.4. The Morgan fingerprint density at radius 3 is 2.83 bits per heavy atom. The van der Waals surface area contributed by atoms with E-state index in [1.807, 2.05) is 13.0 Å². The van der Waals surface area contributed by atoms with Gasteiger partial charge in [0, 0.05) is 11.4 Å².